The van der Waals surface area contributed by atoms with Crippen molar-refractivity contribution in [2.45, 2.75) is 4.90 Å². The fourth-order valence-corrected chi connectivity index (χ4v) is 4.10. The van der Waals surface area contributed by atoms with Gasteiger partial charge < -0.3 is 0 Å². The summed E-state index contributed by atoms with van der Waals surface area (Å²) in [7, 11) is -4.03. The average molecular weight is 400 g/mol. The Hall–Kier alpha value is -3.15. The van der Waals surface area contributed by atoms with Crippen LogP contribution in [-0.2, 0) is 10.0 Å². The van der Waals surface area contributed by atoms with Crippen LogP contribution in [0.1, 0.15) is 10.5 Å². The third kappa shape index (κ3) is 3.30. The van der Waals surface area contributed by atoms with E-state index in [1.165, 1.54) is 18.6 Å². The summed E-state index contributed by atoms with van der Waals surface area (Å²) in [6.07, 6.45) is 2.82. The Morgan fingerprint density at radius 2 is 1.85 bits per heavy atom. The molecule has 0 atom stereocenters. The largest absolute Gasteiger partial charge is 0.295 e. The number of hydrazine groups is 1. The molecule has 1 amide bonds. The molecule has 4 aromatic rings. The van der Waals surface area contributed by atoms with Crippen molar-refractivity contribution < 1.29 is 13.2 Å². The number of rotatable bonds is 5. The molecule has 4 rings (SSSR count). The number of para-hydroxylation sites is 1. The first-order chi connectivity index (χ1) is 13.1. The summed E-state index contributed by atoms with van der Waals surface area (Å²) in [5, 5.41) is 0. The van der Waals surface area contributed by atoms with Crippen LogP contribution in [0, 0.1) is 0 Å². The lowest BCUT2D eigenvalue weighted by Gasteiger charge is -2.10. The van der Waals surface area contributed by atoms with E-state index in [1.807, 2.05) is 18.2 Å². The number of hydrogen-bond donors (Lipinski definition) is 2. The molecule has 27 heavy (non-hydrogen) atoms. The Kier molecular flexibility index (Phi) is 4.39. The summed E-state index contributed by atoms with van der Waals surface area (Å²) in [5.41, 5.74) is 3.83. The summed E-state index contributed by atoms with van der Waals surface area (Å²) in [6.45, 7) is 0. The topological polar surface area (TPSA) is 119 Å². The molecule has 0 fully saturated rings. The maximum atomic E-state index is 12.6. The van der Waals surface area contributed by atoms with Crippen LogP contribution in [0.5, 0.6) is 0 Å². The van der Waals surface area contributed by atoms with Gasteiger partial charge in [-0.3, -0.25) is 14.8 Å². The maximum Gasteiger partial charge on any atom is 0.284 e. The maximum absolute atomic E-state index is 12.6. The van der Waals surface area contributed by atoms with Crippen LogP contribution in [0.3, 0.4) is 0 Å². The first kappa shape index (κ1) is 17.3. The molecule has 0 saturated carbocycles. The Bertz CT molecular complexity index is 1220. The van der Waals surface area contributed by atoms with Crippen molar-refractivity contribution in [2.75, 3.05) is 0 Å². The van der Waals surface area contributed by atoms with Gasteiger partial charge in [-0.15, -0.1) is 4.83 Å². The Balaban J connectivity index is 1.57. The average Bonchev–Trinajstić information content (AvgIpc) is 3.35. The second kappa shape index (κ2) is 6.87. The Morgan fingerprint density at radius 3 is 2.67 bits per heavy atom. The van der Waals surface area contributed by atoms with E-state index in [9.17, 15) is 13.2 Å². The number of imidazole rings is 1. The van der Waals surface area contributed by atoms with Gasteiger partial charge in [0.1, 0.15) is 21.6 Å². The Morgan fingerprint density at radius 1 is 1.04 bits per heavy atom. The van der Waals surface area contributed by atoms with Gasteiger partial charge in [0.2, 0.25) is 0 Å². The second-order valence-electron chi connectivity index (χ2n) is 5.43. The summed E-state index contributed by atoms with van der Waals surface area (Å²) < 4.78 is 34.7. The van der Waals surface area contributed by atoms with E-state index in [0.29, 0.717) is 5.52 Å². The zero-order valence-corrected chi connectivity index (χ0v) is 15.2. The molecule has 0 aliphatic heterocycles. The number of fused-ring (bicyclic) bond motifs is 1. The van der Waals surface area contributed by atoms with Gasteiger partial charge >= 0.3 is 0 Å². The lowest BCUT2D eigenvalue weighted by molar-refractivity contribution is 0.0938. The monoisotopic (exact) mass is 400 g/mol. The normalized spacial score (nSPS) is 11.6. The lowest BCUT2D eigenvalue weighted by Crippen LogP contribution is -2.42. The first-order valence-electron chi connectivity index (χ1n) is 7.67. The molecule has 136 valence electrons. The molecule has 0 unspecified atom stereocenters. The molecular weight excluding hydrogens is 388 g/mol. The molecular formula is C16H12N6O3S2. The number of nitrogens with zero attached hydrogens (tertiary/aromatic N) is 4. The first-order valence-corrected chi connectivity index (χ1v) is 9.89. The molecule has 0 saturated heterocycles. The molecule has 2 aromatic heterocycles. The van der Waals surface area contributed by atoms with Crippen molar-refractivity contribution in [3.05, 3.63) is 66.7 Å². The zero-order chi connectivity index (χ0) is 18.9. The SMILES string of the molecule is O=C(NNS(=O)(=O)c1cccc2nsnc12)c1cncn1-c1ccccc1. The molecule has 2 heterocycles. The van der Waals surface area contributed by atoms with Crippen LogP contribution in [-0.4, -0.2) is 32.6 Å². The third-order valence-corrected chi connectivity index (χ3v) is 5.56. The van der Waals surface area contributed by atoms with E-state index in [2.05, 4.69) is 24.0 Å². The number of sulfonamides is 1. The number of benzene rings is 2. The van der Waals surface area contributed by atoms with Gasteiger partial charge in [0.05, 0.1) is 24.3 Å². The summed E-state index contributed by atoms with van der Waals surface area (Å²) >= 11 is 0.914. The number of nitrogens with one attached hydrogen (secondary N) is 2. The minimum Gasteiger partial charge on any atom is -0.295 e. The van der Waals surface area contributed by atoms with Crippen molar-refractivity contribution in [1.29, 1.82) is 0 Å². The van der Waals surface area contributed by atoms with E-state index in [0.717, 1.165) is 17.4 Å². The molecule has 0 spiro atoms. The number of amides is 1. The van der Waals surface area contributed by atoms with E-state index < -0.39 is 15.9 Å². The summed E-state index contributed by atoms with van der Waals surface area (Å²) in [6, 6.07) is 13.7. The quantitative estimate of drug-likeness (QED) is 0.490. The fraction of sp³-hybridized carbons (Fsp3) is 0. The molecule has 0 radical (unpaired) electrons. The molecule has 9 nitrogen and oxygen atoms in total. The molecule has 0 aliphatic carbocycles. The molecule has 2 aromatic carbocycles. The fourth-order valence-electron chi connectivity index (χ4n) is 2.49. The molecule has 2 N–H and O–H groups in total. The standard InChI is InChI=1S/C16H12N6O3S2/c23-16(13-9-17-10-22(13)11-5-2-1-3-6-11)18-21-27(24,25)14-8-4-7-12-15(14)20-26-19-12/h1-10,21H,(H,18,23). The predicted molar refractivity (Wildman–Crippen MR) is 98.8 cm³/mol. The van der Waals surface area contributed by atoms with Crippen molar-refractivity contribution in [2.24, 2.45) is 0 Å². The smallest absolute Gasteiger partial charge is 0.284 e. The number of aromatic nitrogens is 4. The Labute approximate surface area is 158 Å². The lowest BCUT2D eigenvalue weighted by atomic mass is 10.3. The second-order valence-corrected chi connectivity index (χ2v) is 7.61. The predicted octanol–water partition coefficient (Wildman–Crippen LogP) is 1.50. The van der Waals surface area contributed by atoms with Crippen LogP contribution < -0.4 is 10.3 Å². The highest BCUT2D eigenvalue weighted by molar-refractivity contribution is 7.89. The van der Waals surface area contributed by atoms with Crippen LogP contribution in [0.4, 0.5) is 0 Å². The van der Waals surface area contributed by atoms with E-state index in [1.54, 1.807) is 28.8 Å². The van der Waals surface area contributed by atoms with E-state index in [-0.39, 0.29) is 16.1 Å². The zero-order valence-electron chi connectivity index (χ0n) is 13.6. The van der Waals surface area contributed by atoms with Gasteiger partial charge in [0.25, 0.3) is 15.9 Å². The highest BCUT2D eigenvalue weighted by atomic mass is 32.2. The number of hydrogen-bond acceptors (Lipinski definition) is 7. The molecule has 0 aliphatic rings. The van der Waals surface area contributed by atoms with Gasteiger partial charge in [-0.05, 0) is 24.3 Å². The molecule has 11 heteroatoms. The molecule has 0 bridgehead atoms. The van der Waals surface area contributed by atoms with Crippen LogP contribution >= 0.6 is 11.7 Å². The van der Waals surface area contributed by atoms with E-state index >= 15 is 0 Å². The van der Waals surface area contributed by atoms with E-state index in [4.69, 9.17) is 0 Å². The summed E-state index contributed by atoms with van der Waals surface area (Å²) in [5.74, 6) is -0.650. The van der Waals surface area contributed by atoms with Gasteiger partial charge in [-0.1, -0.05) is 24.3 Å². The summed E-state index contributed by atoms with van der Waals surface area (Å²) in [4.78, 5) is 18.5. The number of carbonyl (C=O) groups is 1. The van der Waals surface area contributed by atoms with Crippen molar-refractivity contribution in [3.8, 4) is 5.69 Å². The van der Waals surface area contributed by atoms with Crippen molar-refractivity contribution in [3.63, 3.8) is 0 Å². The van der Waals surface area contributed by atoms with Gasteiger partial charge in [0.15, 0.2) is 0 Å². The van der Waals surface area contributed by atoms with Crippen LogP contribution in [0.2, 0.25) is 0 Å². The van der Waals surface area contributed by atoms with Gasteiger partial charge in [-0.25, -0.2) is 13.4 Å². The van der Waals surface area contributed by atoms with Crippen molar-refractivity contribution in [1.82, 2.24) is 28.6 Å². The van der Waals surface area contributed by atoms with Crippen molar-refractivity contribution >= 4 is 38.7 Å². The van der Waals surface area contributed by atoms with Gasteiger partial charge in [-0.2, -0.15) is 8.75 Å². The van der Waals surface area contributed by atoms with Crippen LogP contribution in [0.15, 0.2) is 66.0 Å². The van der Waals surface area contributed by atoms with Gasteiger partial charge in [0, 0.05) is 5.69 Å². The minimum atomic E-state index is -4.03. The third-order valence-electron chi connectivity index (χ3n) is 3.74. The minimum absolute atomic E-state index is 0.0642. The highest BCUT2D eigenvalue weighted by Gasteiger charge is 2.21. The highest BCUT2D eigenvalue weighted by Crippen LogP contribution is 2.20. The number of carbonyl (C=O) groups excluding carboxylic acids is 1. The van der Waals surface area contributed by atoms with Crippen LogP contribution in [0.25, 0.3) is 16.7 Å².